The molecule has 1 aliphatic heterocycles. The van der Waals surface area contributed by atoms with Gasteiger partial charge in [-0.2, -0.15) is 5.26 Å². The first-order chi connectivity index (χ1) is 11.6. The van der Waals surface area contributed by atoms with E-state index in [1.54, 1.807) is 0 Å². The number of hydrogen-bond acceptors (Lipinski definition) is 5. The summed E-state index contributed by atoms with van der Waals surface area (Å²) in [5.74, 6) is 1.95. The number of hydrogen-bond donors (Lipinski definition) is 0. The van der Waals surface area contributed by atoms with Crippen molar-refractivity contribution in [2.45, 2.75) is 31.0 Å². The van der Waals surface area contributed by atoms with Gasteiger partial charge in [-0.15, -0.1) is 11.8 Å². The van der Waals surface area contributed by atoms with Crippen molar-refractivity contribution in [2.75, 3.05) is 13.2 Å². The van der Waals surface area contributed by atoms with Crippen molar-refractivity contribution >= 4 is 23.4 Å². The molecule has 124 valence electrons. The van der Waals surface area contributed by atoms with Crippen molar-refractivity contribution in [1.82, 2.24) is 4.98 Å². The molecule has 0 unspecified atom stereocenters. The van der Waals surface area contributed by atoms with Crippen LogP contribution < -0.4 is 9.47 Å². The fourth-order valence-electron chi connectivity index (χ4n) is 2.56. The van der Waals surface area contributed by atoms with Crippen molar-refractivity contribution in [3.8, 4) is 17.6 Å². The molecule has 3 rings (SSSR count). The van der Waals surface area contributed by atoms with Gasteiger partial charge in [0.25, 0.3) is 0 Å². The van der Waals surface area contributed by atoms with Crippen LogP contribution in [0.25, 0.3) is 0 Å². The number of fused-ring (bicyclic) bond motifs is 1. The van der Waals surface area contributed by atoms with E-state index in [1.807, 2.05) is 32.0 Å². The van der Waals surface area contributed by atoms with E-state index in [2.05, 4.69) is 11.1 Å². The highest BCUT2D eigenvalue weighted by Crippen LogP contribution is 2.39. The molecule has 0 atom stereocenters. The zero-order valence-electron chi connectivity index (χ0n) is 13.6. The van der Waals surface area contributed by atoms with Crippen LogP contribution in [-0.4, -0.2) is 18.2 Å². The number of halogens is 1. The minimum atomic E-state index is 0.555. The largest absolute Gasteiger partial charge is 0.489 e. The molecule has 0 N–H and O–H groups in total. The fraction of sp³-hybridized carbons (Fsp3) is 0.333. The molecule has 4 nitrogen and oxygen atoms in total. The molecule has 2 aromatic rings. The van der Waals surface area contributed by atoms with Crippen LogP contribution in [0.3, 0.4) is 0 Å². The molecule has 0 radical (unpaired) electrons. The fourth-order valence-corrected chi connectivity index (χ4v) is 3.88. The number of ether oxygens (including phenoxy) is 2. The molecule has 0 saturated heterocycles. The predicted octanol–water partition coefficient (Wildman–Crippen LogP) is 4.68. The Kier molecular flexibility index (Phi) is 5.17. The second-order valence-electron chi connectivity index (χ2n) is 5.62. The van der Waals surface area contributed by atoms with Crippen molar-refractivity contribution in [1.29, 1.82) is 5.26 Å². The zero-order chi connectivity index (χ0) is 17.1. The summed E-state index contributed by atoms with van der Waals surface area (Å²) >= 11 is 7.86. The maximum Gasteiger partial charge on any atom is 0.179 e. The topological polar surface area (TPSA) is 55.1 Å². The number of nitriles is 1. The number of rotatable bonds is 3. The molecular weight excluding hydrogens is 344 g/mol. The van der Waals surface area contributed by atoms with Crippen LogP contribution in [0.2, 0.25) is 5.02 Å². The molecule has 1 aromatic heterocycles. The van der Waals surface area contributed by atoms with E-state index in [4.69, 9.17) is 21.1 Å². The van der Waals surface area contributed by atoms with E-state index < -0.39 is 0 Å². The van der Waals surface area contributed by atoms with E-state index in [9.17, 15) is 5.26 Å². The number of aromatic nitrogens is 1. The Bertz CT molecular complexity index is 818. The van der Waals surface area contributed by atoms with Gasteiger partial charge in [0, 0.05) is 17.9 Å². The quantitative estimate of drug-likeness (QED) is 0.744. The van der Waals surface area contributed by atoms with Gasteiger partial charge in [-0.3, -0.25) is 0 Å². The Morgan fingerprint density at radius 1 is 1.25 bits per heavy atom. The van der Waals surface area contributed by atoms with Gasteiger partial charge in [0.1, 0.15) is 11.1 Å². The summed E-state index contributed by atoms with van der Waals surface area (Å²) in [4.78, 5) is 4.50. The molecular formula is C18H17ClN2O2S. The SMILES string of the molecule is Cc1cc(C)c(C#N)c(SCc2cc(Cl)c3c(c2)OCCCO3)n1. The number of aryl methyl sites for hydroxylation is 2. The Morgan fingerprint density at radius 3 is 2.83 bits per heavy atom. The lowest BCUT2D eigenvalue weighted by atomic mass is 10.1. The zero-order valence-corrected chi connectivity index (χ0v) is 15.1. The summed E-state index contributed by atoms with van der Waals surface area (Å²) in [5.41, 5.74) is 3.50. The summed E-state index contributed by atoms with van der Waals surface area (Å²) in [5, 5.41) is 10.7. The standard InChI is InChI=1S/C18H17ClN2O2S/c1-11-6-12(2)21-18(14(11)9-20)24-10-13-7-15(19)17-16(8-13)22-4-3-5-23-17/h6-8H,3-5,10H2,1-2H3. The Labute approximate surface area is 150 Å². The van der Waals surface area contributed by atoms with E-state index in [0.717, 1.165) is 28.3 Å². The molecule has 24 heavy (non-hydrogen) atoms. The lowest BCUT2D eigenvalue weighted by Gasteiger charge is -2.12. The molecule has 0 spiro atoms. The molecule has 1 aromatic carbocycles. The monoisotopic (exact) mass is 360 g/mol. The van der Waals surface area contributed by atoms with Crippen LogP contribution in [0.4, 0.5) is 0 Å². The van der Waals surface area contributed by atoms with Crippen molar-refractivity contribution in [3.63, 3.8) is 0 Å². The first-order valence-electron chi connectivity index (χ1n) is 7.67. The lowest BCUT2D eigenvalue weighted by Crippen LogP contribution is -1.97. The van der Waals surface area contributed by atoms with Crippen LogP contribution in [0.15, 0.2) is 23.2 Å². The number of pyridine rings is 1. The average molecular weight is 361 g/mol. The lowest BCUT2D eigenvalue weighted by molar-refractivity contribution is 0.297. The molecule has 0 fully saturated rings. The smallest absolute Gasteiger partial charge is 0.179 e. The van der Waals surface area contributed by atoms with Gasteiger partial charge in [-0.25, -0.2) is 4.98 Å². The van der Waals surface area contributed by atoms with Gasteiger partial charge in [-0.05, 0) is 43.2 Å². The summed E-state index contributed by atoms with van der Waals surface area (Å²) < 4.78 is 11.4. The number of benzene rings is 1. The van der Waals surface area contributed by atoms with Gasteiger partial charge < -0.3 is 9.47 Å². The third-order valence-corrected chi connectivity index (χ3v) is 4.99. The first kappa shape index (κ1) is 16.9. The predicted molar refractivity (Wildman–Crippen MR) is 95.0 cm³/mol. The third kappa shape index (κ3) is 3.61. The van der Waals surface area contributed by atoms with Crippen molar-refractivity contribution in [2.24, 2.45) is 0 Å². The summed E-state index contributed by atoms with van der Waals surface area (Å²) in [6.45, 7) is 5.10. The maximum atomic E-state index is 9.36. The molecule has 6 heteroatoms. The molecule has 0 amide bonds. The highest BCUT2D eigenvalue weighted by molar-refractivity contribution is 7.98. The van der Waals surface area contributed by atoms with E-state index in [-0.39, 0.29) is 0 Å². The van der Waals surface area contributed by atoms with Gasteiger partial charge in [-0.1, -0.05) is 11.6 Å². The van der Waals surface area contributed by atoms with Gasteiger partial charge in [0.05, 0.1) is 23.8 Å². The first-order valence-corrected chi connectivity index (χ1v) is 9.04. The highest BCUT2D eigenvalue weighted by atomic mass is 35.5. The number of nitrogens with zero attached hydrogens (tertiary/aromatic N) is 2. The molecule has 1 aliphatic rings. The third-order valence-electron chi connectivity index (χ3n) is 3.66. The minimum Gasteiger partial charge on any atom is -0.489 e. The summed E-state index contributed by atoms with van der Waals surface area (Å²) in [6.07, 6.45) is 0.840. The van der Waals surface area contributed by atoms with Crippen LogP contribution in [-0.2, 0) is 5.75 Å². The Balaban J connectivity index is 1.84. The Morgan fingerprint density at radius 2 is 2.04 bits per heavy atom. The number of thioether (sulfide) groups is 1. The normalized spacial score (nSPS) is 13.2. The van der Waals surface area contributed by atoms with E-state index in [0.29, 0.717) is 41.1 Å². The van der Waals surface area contributed by atoms with Crippen LogP contribution >= 0.6 is 23.4 Å². The highest BCUT2D eigenvalue weighted by Gasteiger charge is 2.16. The molecule has 0 bridgehead atoms. The van der Waals surface area contributed by atoms with Crippen molar-refractivity contribution in [3.05, 3.63) is 45.6 Å². The van der Waals surface area contributed by atoms with Crippen molar-refractivity contribution < 1.29 is 9.47 Å². The van der Waals surface area contributed by atoms with Gasteiger partial charge in [0.15, 0.2) is 11.5 Å². The molecule has 0 aliphatic carbocycles. The second-order valence-corrected chi connectivity index (χ2v) is 6.99. The Hall–Kier alpha value is -1.90. The van der Waals surface area contributed by atoms with Gasteiger partial charge in [0.2, 0.25) is 0 Å². The van der Waals surface area contributed by atoms with E-state index >= 15 is 0 Å². The molecule has 0 saturated carbocycles. The maximum absolute atomic E-state index is 9.36. The van der Waals surface area contributed by atoms with Crippen LogP contribution in [0.5, 0.6) is 11.5 Å². The van der Waals surface area contributed by atoms with Crippen LogP contribution in [0, 0.1) is 25.2 Å². The molecule has 2 heterocycles. The van der Waals surface area contributed by atoms with Gasteiger partial charge >= 0.3 is 0 Å². The van der Waals surface area contributed by atoms with E-state index in [1.165, 1.54) is 11.8 Å². The summed E-state index contributed by atoms with van der Waals surface area (Å²) in [7, 11) is 0. The summed E-state index contributed by atoms with van der Waals surface area (Å²) in [6, 6.07) is 8.00. The average Bonchev–Trinajstić information content (AvgIpc) is 2.78. The van der Waals surface area contributed by atoms with Crippen LogP contribution in [0.1, 0.15) is 28.8 Å². The second kappa shape index (κ2) is 7.33. The minimum absolute atomic E-state index is 0.555.